The number of fused-ring (bicyclic) bond motifs is 2. The van der Waals surface area contributed by atoms with E-state index >= 15 is 0 Å². The summed E-state index contributed by atoms with van der Waals surface area (Å²) in [5, 5.41) is 15.9. The molecule has 8 rings (SSSR count). The number of carbonyl (C=O) groups excluding carboxylic acids is 3. The van der Waals surface area contributed by atoms with Crippen molar-refractivity contribution < 1.29 is 24.2 Å². The van der Waals surface area contributed by atoms with Gasteiger partial charge in [-0.2, -0.15) is 0 Å². The molecule has 4 unspecified atom stereocenters. The first kappa shape index (κ1) is 38.1. The van der Waals surface area contributed by atoms with Gasteiger partial charge in [-0.05, 0) is 84.2 Å². The molecule has 1 aliphatic heterocycles. The topological polar surface area (TPSA) is 178 Å². The molecule has 2 aliphatic carbocycles. The molecular weight excluding hydrogens is 721 g/mol. The van der Waals surface area contributed by atoms with Gasteiger partial charge in [0.15, 0.2) is 0 Å². The molecule has 1 saturated heterocycles. The number of carbonyl (C=O) groups is 3. The summed E-state index contributed by atoms with van der Waals surface area (Å²) in [5.74, 6) is 1.78. The Kier molecular flexibility index (Phi) is 10.9. The van der Waals surface area contributed by atoms with Gasteiger partial charge in [0, 0.05) is 18.7 Å². The lowest BCUT2D eigenvalue weighted by Gasteiger charge is -2.30. The number of likely N-dealkylation sites (tertiary alicyclic amines) is 1. The van der Waals surface area contributed by atoms with Crippen LogP contribution in [0.5, 0.6) is 0 Å². The fraction of sp³-hybridized carbons (Fsp3) is 0.409. The molecule has 57 heavy (non-hydrogen) atoms. The number of methoxy groups -OCH3 is 1. The first-order valence-electron chi connectivity index (χ1n) is 20.0. The zero-order valence-corrected chi connectivity index (χ0v) is 32.5. The highest BCUT2D eigenvalue weighted by Crippen LogP contribution is 2.56. The van der Waals surface area contributed by atoms with Crippen molar-refractivity contribution in [2.24, 2.45) is 23.7 Å². The number of benzene rings is 2. The Morgan fingerprint density at radius 3 is 2.07 bits per heavy atom. The number of pyridine rings is 1. The number of aromatic nitrogens is 5. The molecule has 0 spiro atoms. The molecule has 296 valence electrons. The Bertz CT molecular complexity index is 2180. The standard InChI is InChI=1S/C44H50N8O5/c1-25(2)39(51-44(56)57-3)43(55)52-20-6-8-36(52)40-46-22-33(48-40)28-13-9-26(10-14-28)27-11-15-29(16-12-27)34-23-47-41(49-34)37-30-17-18-31(21-30)38(37)42(54)50-35(24-53)32-7-4-5-19-45-32/h4-5,7,9-16,19,22-23,25,30-31,35-39,53H,6,8,17-18,20-21,24H2,1-3H3,(H,46,48)(H,47,49)(H,50,54)(H,51,56)/t30?,31?,35?,36-,37+,38?,39-/m0/s1. The van der Waals surface area contributed by atoms with Crippen molar-refractivity contribution in [3.8, 4) is 33.6 Å². The number of nitrogens with one attached hydrogen (secondary N) is 4. The third kappa shape index (κ3) is 7.68. The van der Waals surface area contributed by atoms with Crippen LogP contribution in [-0.4, -0.2) is 79.1 Å². The molecule has 13 nitrogen and oxygen atoms in total. The summed E-state index contributed by atoms with van der Waals surface area (Å²) in [5.41, 5.74) is 6.57. The molecule has 2 saturated carbocycles. The maximum Gasteiger partial charge on any atom is 0.407 e. The molecule has 5 aromatic rings. The Morgan fingerprint density at radius 1 is 0.825 bits per heavy atom. The summed E-state index contributed by atoms with van der Waals surface area (Å²) in [4.78, 5) is 62.0. The molecule has 7 atom stereocenters. The van der Waals surface area contributed by atoms with Crippen molar-refractivity contribution in [2.75, 3.05) is 20.3 Å². The Labute approximate surface area is 332 Å². The lowest BCUT2D eigenvalue weighted by Crippen LogP contribution is -2.51. The third-order valence-corrected chi connectivity index (χ3v) is 12.2. The quantitative estimate of drug-likeness (QED) is 0.0948. The van der Waals surface area contributed by atoms with E-state index in [1.807, 2.05) is 49.3 Å². The summed E-state index contributed by atoms with van der Waals surface area (Å²) in [6, 6.07) is 20.8. The monoisotopic (exact) mass is 770 g/mol. The number of aliphatic hydroxyl groups excluding tert-OH is 1. The highest BCUT2D eigenvalue weighted by molar-refractivity contribution is 5.86. The van der Waals surface area contributed by atoms with Crippen molar-refractivity contribution in [1.29, 1.82) is 0 Å². The second kappa shape index (κ2) is 16.3. The first-order valence-corrected chi connectivity index (χ1v) is 20.0. The molecular formula is C44H50N8O5. The lowest BCUT2D eigenvalue weighted by molar-refractivity contribution is -0.135. The minimum absolute atomic E-state index is 0.00326. The Hall–Kier alpha value is -5.82. The average molecular weight is 771 g/mol. The fourth-order valence-corrected chi connectivity index (χ4v) is 9.31. The summed E-state index contributed by atoms with van der Waals surface area (Å²) < 4.78 is 4.76. The zero-order valence-electron chi connectivity index (χ0n) is 32.5. The van der Waals surface area contributed by atoms with E-state index in [9.17, 15) is 19.5 Å². The summed E-state index contributed by atoms with van der Waals surface area (Å²) in [6.45, 7) is 4.19. The van der Waals surface area contributed by atoms with Gasteiger partial charge in [-0.1, -0.05) is 68.4 Å². The third-order valence-electron chi connectivity index (χ3n) is 12.2. The summed E-state index contributed by atoms with van der Waals surface area (Å²) in [6.07, 6.45) is 9.50. The van der Waals surface area contributed by atoms with Crippen molar-refractivity contribution >= 4 is 17.9 Å². The Balaban J connectivity index is 0.925. The van der Waals surface area contributed by atoms with Crippen LogP contribution in [0.2, 0.25) is 0 Å². The maximum atomic E-state index is 13.8. The van der Waals surface area contributed by atoms with Gasteiger partial charge < -0.3 is 35.3 Å². The zero-order chi connectivity index (χ0) is 39.6. The molecule has 3 aromatic heterocycles. The number of hydrogen-bond acceptors (Lipinski definition) is 8. The van der Waals surface area contributed by atoms with Crippen LogP contribution in [0.4, 0.5) is 4.79 Å². The molecule has 3 fully saturated rings. The van der Waals surface area contributed by atoms with Gasteiger partial charge in [-0.25, -0.2) is 14.8 Å². The number of rotatable bonds is 12. The predicted molar refractivity (Wildman–Crippen MR) is 214 cm³/mol. The van der Waals surface area contributed by atoms with Crippen LogP contribution in [0.25, 0.3) is 33.6 Å². The number of ether oxygens (including phenoxy) is 1. The van der Waals surface area contributed by atoms with E-state index in [2.05, 4.69) is 79.1 Å². The smallest absolute Gasteiger partial charge is 0.407 e. The van der Waals surface area contributed by atoms with Gasteiger partial charge in [-0.3, -0.25) is 14.6 Å². The second-order valence-electron chi connectivity index (χ2n) is 15.9. The van der Waals surface area contributed by atoms with E-state index in [-0.39, 0.29) is 42.2 Å². The number of aliphatic hydroxyl groups is 1. The SMILES string of the molecule is COC(=O)N[C@H](C(=O)N1CCC[C@H]1c1ncc(-c2ccc(-c3ccc(-c4cnc([C@@H]5C6CCC(C6)C5C(=O)NC(CO)c5ccccn5)[nH]4)cc3)cc2)[nH]1)C(C)C. The number of H-pyrrole nitrogens is 2. The second-order valence-corrected chi connectivity index (χ2v) is 15.9. The van der Waals surface area contributed by atoms with Gasteiger partial charge in [-0.15, -0.1) is 0 Å². The molecule has 2 aromatic carbocycles. The van der Waals surface area contributed by atoms with Crippen molar-refractivity contribution in [1.82, 2.24) is 40.5 Å². The van der Waals surface area contributed by atoms with Crippen LogP contribution >= 0.6 is 0 Å². The molecule has 13 heteroatoms. The van der Waals surface area contributed by atoms with Crippen molar-refractivity contribution in [2.45, 2.75) is 70.0 Å². The molecule has 3 aliphatic rings. The molecule has 4 heterocycles. The average Bonchev–Trinajstić information content (AvgIpc) is 4.10. The van der Waals surface area contributed by atoms with Crippen molar-refractivity contribution in [3.63, 3.8) is 0 Å². The van der Waals surface area contributed by atoms with Gasteiger partial charge in [0.05, 0.1) is 61.2 Å². The van der Waals surface area contributed by atoms with Crippen LogP contribution in [0.3, 0.4) is 0 Å². The highest BCUT2D eigenvalue weighted by Gasteiger charge is 2.52. The number of nitrogens with zero attached hydrogens (tertiary/aromatic N) is 4. The largest absolute Gasteiger partial charge is 0.453 e. The van der Waals surface area contributed by atoms with E-state index in [4.69, 9.17) is 9.72 Å². The van der Waals surface area contributed by atoms with Crippen LogP contribution in [0.1, 0.15) is 81.3 Å². The van der Waals surface area contributed by atoms with E-state index in [1.54, 1.807) is 6.20 Å². The maximum absolute atomic E-state index is 13.8. The van der Waals surface area contributed by atoms with Crippen LogP contribution < -0.4 is 10.6 Å². The van der Waals surface area contributed by atoms with Crippen LogP contribution in [0.15, 0.2) is 85.3 Å². The molecule has 2 bridgehead atoms. The van der Waals surface area contributed by atoms with Gasteiger partial charge in [0.1, 0.15) is 17.7 Å². The summed E-state index contributed by atoms with van der Waals surface area (Å²) in [7, 11) is 1.29. The molecule has 3 amide bonds. The normalized spacial score (nSPS) is 22.4. The number of amides is 3. The van der Waals surface area contributed by atoms with Crippen LogP contribution in [0, 0.1) is 23.7 Å². The first-order chi connectivity index (χ1) is 27.7. The van der Waals surface area contributed by atoms with E-state index in [1.165, 1.54) is 7.11 Å². The number of aromatic amines is 2. The van der Waals surface area contributed by atoms with Gasteiger partial charge >= 0.3 is 6.09 Å². The molecule has 0 radical (unpaired) electrons. The Morgan fingerprint density at radius 2 is 1.46 bits per heavy atom. The predicted octanol–water partition coefficient (Wildman–Crippen LogP) is 6.55. The lowest BCUT2D eigenvalue weighted by atomic mass is 9.78. The minimum atomic E-state index is -0.684. The fourth-order valence-electron chi connectivity index (χ4n) is 9.31. The van der Waals surface area contributed by atoms with Crippen molar-refractivity contribution in [3.05, 3.63) is 103 Å². The minimum Gasteiger partial charge on any atom is -0.453 e. The van der Waals surface area contributed by atoms with E-state index in [0.29, 0.717) is 24.1 Å². The number of alkyl carbamates (subject to hydrolysis) is 1. The number of imidazole rings is 2. The van der Waals surface area contributed by atoms with E-state index < -0.39 is 18.2 Å². The summed E-state index contributed by atoms with van der Waals surface area (Å²) >= 11 is 0. The van der Waals surface area contributed by atoms with Gasteiger partial charge in [0.2, 0.25) is 11.8 Å². The number of hydrogen-bond donors (Lipinski definition) is 5. The van der Waals surface area contributed by atoms with E-state index in [0.717, 1.165) is 77.4 Å². The highest BCUT2D eigenvalue weighted by atomic mass is 16.5. The molecule has 5 N–H and O–H groups in total. The van der Waals surface area contributed by atoms with Gasteiger partial charge in [0.25, 0.3) is 0 Å². The van der Waals surface area contributed by atoms with Crippen LogP contribution in [-0.2, 0) is 14.3 Å².